The van der Waals surface area contributed by atoms with E-state index < -0.39 is 0 Å². The molecule has 0 aromatic carbocycles. The lowest BCUT2D eigenvalue weighted by atomic mass is 9.83. The highest BCUT2D eigenvalue weighted by molar-refractivity contribution is 5.11. The molecule has 1 fully saturated rings. The maximum absolute atomic E-state index is 4.43. The molecule has 2 heterocycles. The second-order valence-corrected chi connectivity index (χ2v) is 3.81. The summed E-state index contributed by atoms with van der Waals surface area (Å²) in [6.07, 6.45) is 2.26. The SMILES string of the molecule is CCC1(c2n[nH]c(C)n2)CCNC1. The van der Waals surface area contributed by atoms with E-state index in [4.69, 9.17) is 0 Å². The van der Waals surface area contributed by atoms with Gasteiger partial charge in [0, 0.05) is 12.0 Å². The van der Waals surface area contributed by atoms with E-state index in [9.17, 15) is 0 Å². The minimum absolute atomic E-state index is 0.185. The molecular formula is C9H16N4. The van der Waals surface area contributed by atoms with Gasteiger partial charge in [0.2, 0.25) is 0 Å². The largest absolute Gasteiger partial charge is 0.316 e. The van der Waals surface area contributed by atoms with Crippen molar-refractivity contribution >= 4 is 0 Å². The van der Waals surface area contributed by atoms with Crippen LogP contribution in [-0.2, 0) is 5.41 Å². The first-order valence-corrected chi connectivity index (χ1v) is 4.87. The van der Waals surface area contributed by atoms with Crippen LogP contribution in [0.2, 0.25) is 0 Å². The summed E-state index contributed by atoms with van der Waals surface area (Å²) < 4.78 is 0. The van der Waals surface area contributed by atoms with E-state index >= 15 is 0 Å². The molecule has 0 saturated carbocycles. The van der Waals surface area contributed by atoms with Crippen molar-refractivity contribution in [2.45, 2.75) is 32.1 Å². The second-order valence-electron chi connectivity index (χ2n) is 3.81. The van der Waals surface area contributed by atoms with E-state index in [0.717, 1.165) is 37.6 Å². The van der Waals surface area contributed by atoms with E-state index in [1.54, 1.807) is 0 Å². The first-order valence-electron chi connectivity index (χ1n) is 4.87. The van der Waals surface area contributed by atoms with Crippen LogP contribution in [0.1, 0.15) is 31.4 Å². The van der Waals surface area contributed by atoms with E-state index in [2.05, 4.69) is 27.4 Å². The molecule has 4 nitrogen and oxygen atoms in total. The highest BCUT2D eigenvalue weighted by atomic mass is 15.2. The molecule has 4 heteroatoms. The molecule has 0 radical (unpaired) electrons. The van der Waals surface area contributed by atoms with E-state index in [1.807, 2.05) is 6.92 Å². The predicted molar refractivity (Wildman–Crippen MR) is 50.6 cm³/mol. The van der Waals surface area contributed by atoms with Gasteiger partial charge < -0.3 is 5.32 Å². The molecule has 1 aromatic rings. The Kier molecular flexibility index (Phi) is 2.07. The van der Waals surface area contributed by atoms with Crippen molar-refractivity contribution in [1.82, 2.24) is 20.5 Å². The molecule has 2 N–H and O–H groups in total. The van der Waals surface area contributed by atoms with E-state index in [-0.39, 0.29) is 5.41 Å². The summed E-state index contributed by atoms with van der Waals surface area (Å²) in [6, 6.07) is 0. The summed E-state index contributed by atoms with van der Waals surface area (Å²) in [6.45, 7) is 6.25. The number of aryl methyl sites for hydroxylation is 1. The normalized spacial score (nSPS) is 28.2. The highest BCUT2D eigenvalue weighted by Gasteiger charge is 2.37. The topological polar surface area (TPSA) is 53.6 Å². The first kappa shape index (κ1) is 8.69. The van der Waals surface area contributed by atoms with Gasteiger partial charge in [0.15, 0.2) is 5.82 Å². The molecule has 1 unspecified atom stereocenters. The van der Waals surface area contributed by atoms with Crippen molar-refractivity contribution in [3.8, 4) is 0 Å². The molecule has 1 aliphatic heterocycles. The Morgan fingerprint density at radius 2 is 2.38 bits per heavy atom. The van der Waals surface area contributed by atoms with Crippen molar-refractivity contribution < 1.29 is 0 Å². The number of hydrogen-bond acceptors (Lipinski definition) is 3. The quantitative estimate of drug-likeness (QED) is 0.706. The lowest BCUT2D eigenvalue weighted by Gasteiger charge is -2.22. The molecule has 0 bridgehead atoms. The van der Waals surface area contributed by atoms with Crippen molar-refractivity contribution in [2.75, 3.05) is 13.1 Å². The van der Waals surface area contributed by atoms with Crippen molar-refractivity contribution in [3.05, 3.63) is 11.6 Å². The molecular weight excluding hydrogens is 164 g/mol. The lowest BCUT2D eigenvalue weighted by Crippen LogP contribution is -2.29. The summed E-state index contributed by atoms with van der Waals surface area (Å²) >= 11 is 0. The van der Waals surface area contributed by atoms with Crippen molar-refractivity contribution in [3.63, 3.8) is 0 Å². The number of nitrogens with one attached hydrogen (secondary N) is 2. The number of aromatic nitrogens is 3. The molecule has 13 heavy (non-hydrogen) atoms. The Morgan fingerprint density at radius 1 is 1.54 bits per heavy atom. The summed E-state index contributed by atoms with van der Waals surface area (Å²) in [4.78, 5) is 4.43. The Morgan fingerprint density at radius 3 is 2.85 bits per heavy atom. The minimum Gasteiger partial charge on any atom is -0.316 e. The van der Waals surface area contributed by atoms with Gasteiger partial charge in [-0.3, -0.25) is 5.10 Å². The summed E-state index contributed by atoms with van der Waals surface area (Å²) in [5, 5.41) is 10.6. The molecule has 0 aliphatic carbocycles. The van der Waals surface area contributed by atoms with Crippen LogP contribution >= 0.6 is 0 Å². The third-order valence-corrected chi connectivity index (χ3v) is 2.99. The van der Waals surface area contributed by atoms with Gasteiger partial charge in [-0.1, -0.05) is 6.92 Å². The van der Waals surface area contributed by atoms with E-state index in [1.165, 1.54) is 0 Å². The fraction of sp³-hybridized carbons (Fsp3) is 0.778. The van der Waals surface area contributed by atoms with Gasteiger partial charge in [-0.05, 0) is 26.3 Å². The van der Waals surface area contributed by atoms with Gasteiger partial charge in [0.25, 0.3) is 0 Å². The monoisotopic (exact) mass is 180 g/mol. The standard InChI is InChI=1S/C9H16N4/c1-3-9(4-5-10-6-9)8-11-7(2)12-13-8/h10H,3-6H2,1-2H3,(H,11,12,13). The maximum atomic E-state index is 4.43. The van der Waals surface area contributed by atoms with Crippen LogP contribution in [0.25, 0.3) is 0 Å². The summed E-state index contributed by atoms with van der Waals surface area (Å²) in [5.74, 6) is 1.90. The average Bonchev–Trinajstić information content (AvgIpc) is 2.73. The minimum atomic E-state index is 0.185. The van der Waals surface area contributed by atoms with Crippen molar-refractivity contribution in [2.24, 2.45) is 0 Å². The van der Waals surface area contributed by atoms with Crippen LogP contribution in [0.3, 0.4) is 0 Å². The lowest BCUT2D eigenvalue weighted by molar-refractivity contribution is 0.427. The number of nitrogens with zero attached hydrogens (tertiary/aromatic N) is 2. The molecule has 1 aromatic heterocycles. The Bertz CT molecular complexity index is 286. The predicted octanol–water partition coefficient (Wildman–Crippen LogP) is 0.754. The highest BCUT2D eigenvalue weighted by Crippen LogP contribution is 2.31. The van der Waals surface area contributed by atoms with Crippen LogP contribution in [-0.4, -0.2) is 28.3 Å². The molecule has 1 saturated heterocycles. The molecule has 0 amide bonds. The Labute approximate surface area is 78.1 Å². The number of hydrogen-bond donors (Lipinski definition) is 2. The average molecular weight is 180 g/mol. The van der Waals surface area contributed by atoms with Gasteiger partial charge in [0.1, 0.15) is 5.82 Å². The second kappa shape index (κ2) is 3.10. The van der Waals surface area contributed by atoms with Crippen LogP contribution in [0.4, 0.5) is 0 Å². The zero-order valence-electron chi connectivity index (χ0n) is 8.22. The third kappa shape index (κ3) is 1.35. The van der Waals surface area contributed by atoms with Crippen LogP contribution in [0.5, 0.6) is 0 Å². The van der Waals surface area contributed by atoms with Crippen LogP contribution < -0.4 is 5.32 Å². The zero-order chi connectivity index (χ0) is 9.31. The summed E-state index contributed by atoms with van der Waals surface area (Å²) in [7, 11) is 0. The third-order valence-electron chi connectivity index (χ3n) is 2.99. The smallest absolute Gasteiger partial charge is 0.158 e. The van der Waals surface area contributed by atoms with Crippen molar-refractivity contribution in [1.29, 1.82) is 0 Å². The molecule has 72 valence electrons. The first-order chi connectivity index (χ1) is 6.27. The molecule has 1 atom stereocenters. The summed E-state index contributed by atoms with van der Waals surface area (Å²) in [5.41, 5.74) is 0.185. The van der Waals surface area contributed by atoms with Gasteiger partial charge in [-0.15, -0.1) is 0 Å². The number of rotatable bonds is 2. The number of aromatic amines is 1. The fourth-order valence-electron chi connectivity index (χ4n) is 1.97. The van der Waals surface area contributed by atoms with Crippen LogP contribution in [0, 0.1) is 6.92 Å². The Balaban J connectivity index is 2.30. The molecule has 0 spiro atoms. The maximum Gasteiger partial charge on any atom is 0.158 e. The van der Waals surface area contributed by atoms with Gasteiger partial charge in [-0.2, -0.15) is 5.10 Å². The fourth-order valence-corrected chi connectivity index (χ4v) is 1.97. The zero-order valence-corrected chi connectivity index (χ0v) is 8.22. The molecule has 2 rings (SSSR count). The molecule has 1 aliphatic rings. The number of H-pyrrole nitrogens is 1. The van der Waals surface area contributed by atoms with Crippen LogP contribution in [0.15, 0.2) is 0 Å². The van der Waals surface area contributed by atoms with Gasteiger partial charge in [0.05, 0.1) is 0 Å². The Hall–Kier alpha value is -0.900. The van der Waals surface area contributed by atoms with E-state index in [0.29, 0.717) is 0 Å². The van der Waals surface area contributed by atoms with Gasteiger partial charge >= 0.3 is 0 Å². The van der Waals surface area contributed by atoms with Gasteiger partial charge in [-0.25, -0.2) is 4.98 Å².